The highest BCUT2D eigenvalue weighted by molar-refractivity contribution is 7.93. The van der Waals surface area contributed by atoms with Crippen molar-refractivity contribution in [2.45, 2.75) is 49.3 Å². The number of sulfonamides is 2. The van der Waals surface area contributed by atoms with Gasteiger partial charge in [0, 0.05) is 33.4 Å². The molecule has 0 unspecified atom stereocenters. The molecular formula is C48H40N2O10S2. The summed E-state index contributed by atoms with van der Waals surface area (Å²) in [4.78, 5) is 57.8. The number of carbonyl (C=O) groups is 4. The summed E-state index contributed by atoms with van der Waals surface area (Å²) in [5.41, 5.74) is -1.00. The number of unbranched alkanes of at least 4 members (excludes halogenated alkanes) is 2. The second kappa shape index (κ2) is 16.9. The van der Waals surface area contributed by atoms with Crippen LogP contribution in [0.25, 0.3) is 11.1 Å². The number of fused-ring (bicyclic) bond motifs is 4. The van der Waals surface area contributed by atoms with Gasteiger partial charge in [0.25, 0.3) is 20.0 Å². The first-order valence-electron chi connectivity index (χ1n) is 20.1. The van der Waals surface area contributed by atoms with E-state index in [1.165, 1.54) is 97.1 Å². The Morgan fingerprint density at radius 1 is 0.403 bits per heavy atom. The van der Waals surface area contributed by atoms with E-state index in [9.17, 15) is 36.0 Å². The number of hydrogen-bond donors (Lipinski definition) is 2. The van der Waals surface area contributed by atoms with Crippen LogP contribution in [-0.4, -0.2) is 53.2 Å². The van der Waals surface area contributed by atoms with Gasteiger partial charge in [0.05, 0.1) is 45.5 Å². The van der Waals surface area contributed by atoms with Gasteiger partial charge < -0.3 is 9.47 Å². The van der Waals surface area contributed by atoms with Crippen LogP contribution in [0.2, 0.25) is 0 Å². The largest absolute Gasteiger partial charge is 0.494 e. The predicted molar refractivity (Wildman–Crippen MR) is 234 cm³/mol. The van der Waals surface area contributed by atoms with Crippen LogP contribution in [0.4, 0.5) is 11.4 Å². The number of hydrogen-bond acceptors (Lipinski definition) is 10. The molecule has 0 radical (unpaired) electrons. The molecule has 0 aliphatic heterocycles. The number of ketones is 4. The lowest BCUT2D eigenvalue weighted by molar-refractivity contribution is 0.0978. The topological polar surface area (TPSA) is 179 Å². The zero-order valence-electron chi connectivity index (χ0n) is 33.7. The monoisotopic (exact) mass is 868 g/mol. The van der Waals surface area contributed by atoms with E-state index in [1.807, 2.05) is 13.8 Å². The minimum Gasteiger partial charge on any atom is -0.494 e. The highest BCUT2D eigenvalue weighted by Crippen LogP contribution is 2.44. The number of nitrogens with one attached hydrogen (secondary N) is 2. The van der Waals surface area contributed by atoms with E-state index >= 15 is 0 Å². The summed E-state index contributed by atoms with van der Waals surface area (Å²) in [5.74, 6) is -1.59. The second-order valence-electron chi connectivity index (χ2n) is 14.8. The molecule has 0 bridgehead atoms. The van der Waals surface area contributed by atoms with Gasteiger partial charge in [-0.15, -0.1) is 0 Å². The van der Waals surface area contributed by atoms with Crippen LogP contribution in [0.5, 0.6) is 11.5 Å². The summed E-state index contributed by atoms with van der Waals surface area (Å²) in [5, 5.41) is 0. The first-order chi connectivity index (χ1) is 29.8. The molecule has 8 rings (SSSR count). The number of benzene rings is 6. The van der Waals surface area contributed by atoms with Crippen LogP contribution in [0.15, 0.2) is 131 Å². The van der Waals surface area contributed by atoms with Crippen molar-refractivity contribution in [1.82, 2.24) is 0 Å². The first kappa shape index (κ1) is 41.8. The molecule has 0 heterocycles. The molecule has 0 saturated heterocycles. The van der Waals surface area contributed by atoms with Crippen LogP contribution in [0, 0.1) is 0 Å². The molecule has 2 N–H and O–H groups in total. The van der Waals surface area contributed by atoms with Gasteiger partial charge >= 0.3 is 0 Å². The maximum absolute atomic E-state index is 14.6. The van der Waals surface area contributed by atoms with Gasteiger partial charge in [0.15, 0.2) is 23.1 Å². The van der Waals surface area contributed by atoms with Gasteiger partial charge in [-0.25, -0.2) is 16.8 Å². The summed E-state index contributed by atoms with van der Waals surface area (Å²) in [7, 11) is -8.68. The molecule has 0 fully saturated rings. The van der Waals surface area contributed by atoms with Crippen LogP contribution in [-0.2, 0) is 20.0 Å². The molecule has 0 aromatic heterocycles. The Morgan fingerprint density at radius 2 is 0.726 bits per heavy atom. The Kier molecular flexibility index (Phi) is 11.4. The van der Waals surface area contributed by atoms with Crippen molar-refractivity contribution in [2.75, 3.05) is 22.7 Å². The number of anilines is 2. The van der Waals surface area contributed by atoms with E-state index in [1.54, 1.807) is 24.3 Å². The highest BCUT2D eigenvalue weighted by atomic mass is 32.2. The van der Waals surface area contributed by atoms with Crippen LogP contribution in [0.1, 0.15) is 103 Å². The Bertz CT molecular complexity index is 2830. The van der Waals surface area contributed by atoms with Gasteiger partial charge in [0.2, 0.25) is 0 Å². The van der Waals surface area contributed by atoms with Gasteiger partial charge in [0.1, 0.15) is 11.5 Å². The van der Waals surface area contributed by atoms with Crippen molar-refractivity contribution in [1.29, 1.82) is 0 Å². The lowest BCUT2D eigenvalue weighted by Gasteiger charge is -2.27. The van der Waals surface area contributed by atoms with Crippen molar-refractivity contribution in [3.63, 3.8) is 0 Å². The van der Waals surface area contributed by atoms with Crippen molar-refractivity contribution >= 4 is 54.6 Å². The fourth-order valence-electron chi connectivity index (χ4n) is 7.57. The van der Waals surface area contributed by atoms with Gasteiger partial charge in [-0.05, 0) is 84.6 Å². The second-order valence-corrected chi connectivity index (χ2v) is 18.2. The van der Waals surface area contributed by atoms with Crippen LogP contribution < -0.4 is 18.9 Å². The summed E-state index contributed by atoms with van der Waals surface area (Å²) in [6, 6.07) is 29.3. The zero-order valence-corrected chi connectivity index (χ0v) is 35.3. The standard InChI is InChI=1S/C48H40N2O10S2/c1-3-5-27-59-29-15-19-31(20-16-29)61(55,56)49-39-25-23-33(41-43(39)47(53)37-13-9-7-11-35(37)45(41)51)34-24-26-40(44-42(34)46(52)36-12-8-10-14-38(36)48(44)54)50-62(57,58)32-21-17-30(18-22-32)60-28-6-4-2/h7-26,49-50H,3-6,27-28H2,1-2H3. The maximum Gasteiger partial charge on any atom is 0.261 e. The Labute approximate surface area is 359 Å². The third-order valence-corrected chi connectivity index (χ3v) is 13.5. The molecule has 0 saturated carbocycles. The number of ether oxygens (including phenoxy) is 2. The average Bonchev–Trinajstić information content (AvgIpc) is 3.27. The number of rotatable bonds is 15. The molecule has 62 heavy (non-hydrogen) atoms. The molecule has 14 heteroatoms. The number of carbonyl (C=O) groups excluding carboxylic acids is 4. The lowest BCUT2D eigenvalue weighted by Crippen LogP contribution is -2.27. The summed E-state index contributed by atoms with van der Waals surface area (Å²) >= 11 is 0. The van der Waals surface area contributed by atoms with E-state index in [-0.39, 0.29) is 76.8 Å². The van der Waals surface area contributed by atoms with E-state index in [4.69, 9.17) is 9.47 Å². The molecule has 2 aliphatic carbocycles. The molecule has 6 aromatic carbocycles. The molecule has 6 aromatic rings. The Morgan fingerprint density at radius 3 is 1.05 bits per heavy atom. The summed E-state index contributed by atoms with van der Waals surface area (Å²) < 4.78 is 71.8. The van der Waals surface area contributed by atoms with Crippen molar-refractivity contribution in [3.8, 4) is 22.6 Å². The molecule has 0 atom stereocenters. The van der Waals surface area contributed by atoms with Crippen molar-refractivity contribution < 1.29 is 45.5 Å². The minimum atomic E-state index is -4.34. The van der Waals surface area contributed by atoms with Crippen LogP contribution in [0.3, 0.4) is 0 Å². The molecule has 0 spiro atoms. The molecule has 314 valence electrons. The quantitative estimate of drug-likeness (QED) is 0.0946. The third kappa shape index (κ3) is 7.67. The van der Waals surface area contributed by atoms with E-state index in [0.717, 1.165) is 25.7 Å². The highest BCUT2D eigenvalue weighted by Gasteiger charge is 2.39. The van der Waals surface area contributed by atoms with Crippen LogP contribution >= 0.6 is 0 Å². The van der Waals surface area contributed by atoms with E-state index in [0.29, 0.717) is 24.7 Å². The maximum atomic E-state index is 14.6. The molecule has 0 amide bonds. The molecular weight excluding hydrogens is 829 g/mol. The fraction of sp³-hybridized carbons (Fsp3) is 0.167. The normalized spacial score (nSPS) is 13.1. The fourth-order valence-corrected chi connectivity index (χ4v) is 9.71. The van der Waals surface area contributed by atoms with Crippen molar-refractivity contribution in [3.05, 3.63) is 166 Å². The lowest BCUT2D eigenvalue weighted by atomic mass is 9.76. The van der Waals surface area contributed by atoms with Gasteiger partial charge in [-0.1, -0.05) is 87.4 Å². The predicted octanol–water partition coefficient (Wildman–Crippen LogP) is 8.86. The average molecular weight is 869 g/mol. The van der Waals surface area contributed by atoms with Gasteiger partial charge in [-0.3, -0.25) is 28.6 Å². The summed E-state index contributed by atoms with van der Waals surface area (Å²) in [6.45, 7) is 4.98. The molecule has 2 aliphatic rings. The Hall–Kier alpha value is -6.90. The SMILES string of the molecule is CCCCOc1ccc(S(=O)(=O)Nc2ccc(-c3ccc(NS(=O)(=O)c4ccc(OCCCC)cc4)c4c3C(=O)c3ccccc3C4=O)c3c2C(=O)c2ccccc2C3=O)cc1. The minimum absolute atomic E-state index is 0.0451. The van der Waals surface area contributed by atoms with Gasteiger partial charge in [-0.2, -0.15) is 0 Å². The first-order valence-corrected chi connectivity index (χ1v) is 23.0. The zero-order chi connectivity index (χ0) is 43.8. The Balaban J connectivity index is 1.26. The third-order valence-electron chi connectivity index (χ3n) is 10.7. The smallest absolute Gasteiger partial charge is 0.261 e. The molecule has 12 nitrogen and oxygen atoms in total. The van der Waals surface area contributed by atoms with E-state index in [2.05, 4.69) is 9.44 Å². The van der Waals surface area contributed by atoms with E-state index < -0.39 is 43.2 Å². The van der Waals surface area contributed by atoms with Crippen molar-refractivity contribution in [2.24, 2.45) is 0 Å². The summed E-state index contributed by atoms with van der Waals surface area (Å²) in [6.07, 6.45) is 3.50.